The number of nitrogens with zero attached hydrogens (tertiary/aromatic N) is 2. The summed E-state index contributed by atoms with van der Waals surface area (Å²) in [6, 6.07) is -0.288. The molecule has 16 heavy (non-hydrogen) atoms. The molecular formula is C9H16N2O5. The maximum Gasteiger partial charge on any atom is 0.334 e. The topological polar surface area (TPSA) is 90.3 Å². The van der Waals surface area contributed by atoms with Crippen LogP contribution < -0.4 is 0 Å². The number of carbonyl (C=O) groups excluding carboxylic acids is 1. The molecule has 0 bridgehead atoms. The third kappa shape index (κ3) is 3.07. The van der Waals surface area contributed by atoms with Crippen LogP contribution in [-0.4, -0.2) is 78.0 Å². The first-order chi connectivity index (χ1) is 7.56. The Morgan fingerprint density at radius 1 is 1.56 bits per heavy atom. The Hall–Kier alpha value is -1.34. The second-order valence-corrected chi connectivity index (χ2v) is 3.57. The normalized spacial score (nSPS) is 20.6. The largest absolute Gasteiger partial charge is 0.479 e. The number of aliphatic hydroxyl groups is 1. The van der Waals surface area contributed by atoms with Crippen LogP contribution in [0.1, 0.15) is 0 Å². The van der Waals surface area contributed by atoms with E-state index in [-0.39, 0.29) is 32.3 Å². The van der Waals surface area contributed by atoms with Crippen LogP contribution in [0.5, 0.6) is 0 Å². The molecule has 0 aromatic carbocycles. The molecule has 92 valence electrons. The van der Waals surface area contributed by atoms with E-state index in [9.17, 15) is 9.59 Å². The summed E-state index contributed by atoms with van der Waals surface area (Å²) in [5.41, 5.74) is 0. The van der Waals surface area contributed by atoms with E-state index in [2.05, 4.69) is 0 Å². The van der Waals surface area contributed by atoms with Crippen molar-refractivity contribution in [3.05, 3.63) is 0 Å². The second kappa shape index (κ2) is 5.66. The number of carboxylic acid groups (broad SMARTS) is 1. The van der Waals surface area contributed by atoms with Gasteiger partial charge in [-0.3, -0.25) is 0 Å². The van der Waals surface area contributed by atoms with Gasteiger partial charge in [0, 0.05) is 20.1 Å². The fourth-order valence-electron chi connectivity index (χ4n) is 1.46. The molecule has 1 unspecified atom stereocenters. The highest BCUT2D eigenvalue weighted by Crippen LogP contribution is 2.07. The molecule has 1 atom stereocenters. The van der Waals surface area contributed by atoms with Gasteiger partial charge in [0.05, 0.1) is 19.8 Å². The number of carboxylic acids is 1. The van der Waals surface area contributed by atoms with Gasteiger partial charge in [0.25, 0.3) is 0 Å². The number of carbonyl (C=O) groups is 2. The quantitative estimate of drug-likeness (QED) is 0.639. The van der Waals surface area contributed by atoms with Crippen molar-refractivity contribution >= 4 is 12.0 Å². The summed E-state index contributed by atoms with van der Waals surface area (Å²) in [5.74, 6) is -1.07. The van der Waals surface area contributed by atoms with Crippen LogP contribution in [0, 0.1) is 0 Å². The minimum absolute atomic E-state index is 0.0456. The molecule has 2 N–H and O–H groups in total. The number of aliphatic carboxylic acids is 1. The molecule has 7 nitrogen and oxygen atoms in total. The Morgan fingerprint density at radius 3 is 2.81 bits per heavy atom. The maximum atomic E-state index is 11.7. The lowest BCUT2D eigenvalue weighted by Crippen LogP contribution is -2.52. The van der Waals surface area contributed by atoms with Crippen molar-refractivity contribution in [1.29, 1.82) is 0 Å². The summed E-state index contributed by atoms with van der Waals surface area (Å²) >= 11 is 0. The van der Waals surface area contributed by atoms with Crippen LogP contribution in [0.2, 0.25) is 0 Å². The molecular weight excluding hydrogens is 216 g/mol. The van der Waals surface area contributed by atoms with Crippen LogP contribution in [0.15, 0.2) is 0 Å². The predicted octanol–water partition coefficient (Wildman–Crippen LogP) is -1.18. The average molecular weight is 232 g/mol. The zero-order valence-electron chi connectivity index (χ0n) is 9.13. The molecule has 7 heteroatoms. The SMILES string of the molecule is CN(CCO)C(=O)N1CCOC(C(=O)O)C1. The predicted molar refractivity (Wildman–Crippen MR) is 54.1 cm³/mol. The van der Waals surface area contributed by atoms with Crippen molar-refractivity contribution < 1.29 is 24.5 Å². The maximum absolute atomic E-state index is 11.7. The molecule has 0 spiro atoms. The van der Waals surface area contributed by atoms with Gasteiger partial charge in [-0.15, -0.1) is 0 Å². The number of hydrogen-bond donors (Lipinski definition) is 2. The molecule has 1 fully saturated rings. The van der Waals surface area contributed by atoms with Crippen LogP contribution in [-0.2, 0) is 9.53 Å². The van der Waals surface area contributed by atoms with Gasteiger partial charge >= 0.3 is 12.0 Å². The van der Waals surface area contributed by atoms with Gasteiger partial charge in [0.2, 0.25) is 0 Å². The standard InChI is InChI=1S/C9H16N2O5/c1-10(2-4-12)9(15)11-3-5-16-7(6-11)8(13)14/h7,12H,2-6H2,1H3,(H,13,14). The molecule has 1 aliphatic heterocycles. The van der Waals surface area contributed by atoms with Crippen LogP contribution in [0.3, 0.4) is 0 Å². The van der Waals surface area contributed by atoms with E-state index in [1.54, 1.807) is 7.05 Å². The first-order valence-electron chi connectivity index (χ1n) is 5.01. The molecule has 1 aliphatic rings. The Labute approximate surface area is 93.2 Å². The fourth-order valence-corrected chi connectivity index (χ4v) is 1.46. The molecule has 0 radical (unpaired) electrons. The zero-order chi connectivity index (χ0) is 12.1. The van der Waals surface area contributed by atoms with Gasteiger partial charge in [-0.2, -0.15) is 0 Å². The lowest BCUT2D eigenvalue weighted by atomic mass is 10.3. The van der Waals surface area contributed by atoms with Gasteiger partial charge < -0.3 is 24.7 Å². The van der Waals surface area contributed by atoms with Gasteiger partial charge in [-0.25, -0.2) is 9.59 Å². The lowest BCUT2D eigenvalue weighted by molar-refractivity contribution is -0.154. The number of aliphatic hydroxyl groups excluding tert-OH is 1. The van der Waals surface area contributed by atoms with E-state index in [0.29, 0.717) is 6.54 Å². The van der Waals surface area contributed by atoms with Crippen molar-refractivity contribution in [2.75, 3.05) is 39.9 Å². The van der Waals surface area contributed by atoms with Crippen LogP contribution in [0.4, 0.5) is 4.79 Å². The minimum Gasteiger partial charge on any atom is -0.479 e. The van der Waals surface area contributed by atoms with Crippen LogP contribution in [0.25, 0.3) is 0 Å². The number of urea groups is 1. The highest BCUT2D eigenvalue weighted by atomic mass is 16.5. The summed E-state index contributed by atoms with van der Waals surface area (Å²) in [4.78, 5) is 25.2. The van der Waals surface area contributed by atoms with Crippen molar-refractivity contribution in [1.82, 2.24) is 9.80 Å². The third-order valence-electron chi connectivity index (χ3n) is 2.37. The van der Waals surface area contributed by atoms with E-state index < -0.39 is 12.1 Å². The first kappa shape index (κ1) is 12.7. The Kier molecular flexibility index (Phi) is 4.51. The molecule has 1 rings (SSSR count). The molecule has 0 aromatic rings. The van der Waals surface area contributed by atoms with Crippen molar-refractivity contribution in [3.8, 4) is 0 Å². The van der Waals surface area contributed by atoms with Gasteiger partial charge in [-0.05, 0) is 0 Å². The van der Waals surface area contributed by atoms with E-state index in [4.69, 9.17) is 14.9 Å². The molecule has 1 saturated heterocycles. The average Bonchev–Trinajstić information content (AvgIpc) is 2.28. The number of likely N-dealkylation sites (N-methyl/N-ethyl adjacent to an activating group) is 1. The number of morpholine rings is 1. The molecule has 2 amide bonds. The van der Waals surface area contributed by atoms with E-state index >= 15 is 0 Å². The fraction of sp³-hybridized carbons (Fsp3) is 0.778. The molecule has 0 saturated carbocycles. The number of rotatable bonds is 3. The Balaban J connectivity index is 2.53. The molecule has 1 heterocycles. The van der Waals surface area contributed by atoms with Crippen LogP contribution >= 0.6 is 0 Å². The number of ether oxygens (including phenoxy) is 1. The first-order valence-corrected chi connectivity index (χ1v) is 5.01. The minimum atomic E-state index is -1.07. The summed E-state index contributed by atoms with van der Waals surface area (Å²) < 4.78 is 5.00. The highest BCUT2D eigenvalue weighted by Gasteiger charge is 2.30. The number of amides is 2. The summed E-state index contributed by atoms with van der Waals surface area (Å²) in [5, 5.41) is 17.5. The van der Waals surface area contributed by atoms with Crippen molar-refractivity contribution in [2.24, 2.45) is 0 Å². The molecule has 0 aliphatic carbocycles. The van der Waals surface area contributed by atoms with Gasteiger partial charge in [0.15, 0.2) is 6.10 Å². The Morgan fingerprint density at radius 2 is 2.25 bits per heavy atom. The van der Waals surface area contributed by atoms with E-state index in [0.717, 1.165) is 0 Å². The summed E-state index contributed by atoms with van der Waals surface area (Å²) in [7, 11) is 1.56. The second-order valence-electron chi connectivity index (χ2n) is 3.57. The monoisotopic (exact) mass is 232 g/mol. The molecule has 0 aromatic heterocycles. The van der Waals surface area contributed by atoms with Crippen molar-refractivity contribution in [3.63, 3.8) is 0 Å². The smallest absolute Gasteiger partial charge is 0.334 e. The highest BCUT2D eigenvalue weighted by molar-refractivity contribution is 5.77. The van der Waals surface area contributed by atoms with E-state index in [1.807, 2.05) is 0 Å². The summed E-state index contributed by atoms with van der Waals surface area (Å²) in [6.07, 6.45) is -0.958. The zero-order valence-corrected chi connectivity index (χ0v) is 9.13. The third-order valence-corrected chi connectivity index (χ3v) is 2.37. The van der Waals surface area contributed by atoms with E-state index in [1.165, 1.54) is 9.80 Å². The summed E-state index contributed by atoms with van der Waals surface area (Å²) in [6.45, 7) is 0.751. The Bertz CT molecular complexity index is 271. The lowest BCUT2D eigenvalue weighted by Gasteiger charge is -2.33. The van der Waals surface area contributed by atoms with Gasteiger partial charge in [-0.1, -0.05) is 0 Å². The number of hydrogen-bond acceptors (Lipinski definition) is 4. The van der Waals surface area contributed by atoms with Gasteiger partial charge in [0.1, 0.15) is 0 Å². The van der Waals surface area contributed by atoms with Crippen molar-refractivity contribution in [2.45, 2.75) is 6.10 Å².